The predicted octanol–water partition coefficient (Wildman–Crippen LogP) is 3.43. The standard InChI is InChI=1S/C11H10F5NO/c1-9(2)3-6-7(8(18)10(9,12)13)5(4-17-6)11(14,15)16/h4,17H,3H2,1-2H3. The van der Waals surface area contributed by atoms with Crippen molar-refractivity contribution in [3.8, 4) is 0 Å². The van der Waals surface area contributed by atoms with E-state index in [4.69, 9.17) is 0 Å². The molecule has 1 aromatic heterocycles. The molecule has 18 heavy (non-hydrogen) atoms. The molecule has 0 fully saturated rings. The lowest BCUT2D eigenvalue weighted by Crippen LogP contribution is -2.49. The molecule has 0 amide bonds. The van der Waals surface area contributed by atoms with Crippen LogP contribution in [0.3, 0.4) is 0 Å². The first-order chi connectivity index (χ1) is 7.98. The maximum Gasteiger partial charge on any atom is 0.418 e. The summed E-state index contributed by atoms with van der Waals surface area (Å²) in [4.78, 5) is 13.9. The van der Waals surface area contributed by atoms with E-state index in [9.17, 15) is 26.7 Å². The number of fused-ring (bicyclic) bond motifs is 1. The van der Waals surface area contributed by atoms with Gasteiger partial charge in [-0.05, 0) is 6.42 Å². The van der Waals surface area contributed by atoms with E-state index in [1.807, 2.05) is 0 Å². The Balaban J connectivity index is 2.65. The summed E-state index contributed by atoms with van der Waals surface area (Å²) in [5.74, 6) is -5.57. The van der Waals surface area contributed by atoms with E-state index in [1.165, 1.54) is 0 Å². The Bertz CT molecular complexity index is 512. The Hall–Kier alpha value is -1.40. The third kappa shape index (κ3) is 1.56. The van der Waals surface area contributed by atoms with Gasteiger partial charge in [-0.25, -0.2) is 0 Å². The van der Waals surface area contributed by atoms with Crippen LogP contribution in [0.5, 0.6) is 0 Å². The molecule has 2 rings (SSSR count). The third-order valence-corrected chi connectivity index (χ3v) is 3.25. The molecule has 0 atom stereocenters. The van der Waals surface area contributed by atoms with E-state index < -0.39 is 34.4 Å². The lowest BCUT2D eigenvalue weighted by molar-refractivity contribution is -0.138. The van der Waals surface area contributed by atoms with Gasteiger partial charge >= 0.3 is 12.1 Å². The molecule has 2 nitrogen and oxygen atoms in total. The van der Waals surface area contributed by atoms with Crippen LogP contribution in [0.25, 0.3) is 0 Å². The summed E-state index contributed by atoms with van der Waals surface area (Å²) in [6.45, 7) is 2.31. The molecular weight excluding hydrogens is 257 g/mol. The fraction of sp³-hybridized carbons (Fsp3) is 0.545. The topological polar surface area (TPSA) is 32.9 Å². The van der Waals surface area contributed by atoms with Crippen LogP contribution in [0, 0.1) is 5.41 Å². The van der Waals surface area contributed by atoms with Gasteiger partial charge in [0.2, 0.25) is 5.78 Å². The molecule has 1 aliphatic rings. The second-order valence-corrected chi connectivity index (χ2v) is 5.02. The average Bonchev–Trinajstić information content (AvgIpc) is 2.57. The van der Waals surface area contributed by atoms with Crippen LogP contribution in [0.1, 0.15) is 35.5 Å². The summed E-state index contributed by atoms with van der Waals surface area (Å²) in [5.41, 5.74) is -4.03. The van der Waals surface area contributed by atoms with Gasteiger partial charge in [0.25, 0.3) is 0 Å². The Kier molecular flexibility index (Phi) is 2.41. The highest BCUT2D eigenvalue weighted by Crippen LogP contribution is 2.48. The molecule has 100 valence electrons. The summed E-state index contributed by atoms with van der Waals surface area (Å²) < 4.78 is 65.4. The van der Waals surface area contributed by atoms with Crippen LogP contribution in [0.2, 0.25) is 0 Å². The summed E-state index contributed by atoms with van der Waals surface area (Å²) in [5, 5.41) is 0. The zero-order chi connectivity index (χ0) is 13.9. The molecule has 7 heteroatoms. The second kappa shape index (κ2) is 3.33. The second-order valence-electron chi connectivity index (χ2n) is 5.02. The molecule has 1 aliphatic carbocycles. The van der Waals surface area contributed by atoms with Crippen molar-refractivity contribution in [3.05, 3.63) is 23.0 Å². The van der Waals surface area contributed by atoms with Gasteiger partial charge in [-0.2, -0.15) is 22.0 Å². The molecule has 1 heterocycles. The predicted molar refractivity (Wildman–Crippen MR) is 52.6 cm³/mol. The minimum Gasteiger partial charge on any atom is -0.364 e. The molecule has 0 saturated carbocycles. The Morgan fingerprint density at radius 1 is 1.28 bits per heavy atom. The van der Waals surface area contributed by atoms with Crippen molar-refractivity contribution in [1.82, 2.24) is 4.98 Å². The minimum atomic E-state index is -4.82. The maximum atomic E-state index is 13.8. The van der Waals surface area contributed by atoms with Crippen molar-refractivity contribution in [2.24, 2.45) is 5.41 Å². The fourth-order valence-electron chi connectivity index (χ4n) is 2.11. The van der Waals surface area contributed by atoms with Crippen LogP contribution in [-0.2, 0) is 12.6 Å². The number of hydrogen-bond donors (Lipinski definition) is 1. The third-order valence-electron chi connectivity index (χ3n) is 3.25. The number of hydrogen-bond acceptors (Lipinski definition) is 1. The van der Waals surface area contributed by atoms with Gasteiger partial charge < -0.3 is 4.98 Å². The Labute approximate surface area is 99.2 Å². The Morgan fingerprint density at radius 2 is 1.83 bits per heavy atom. The highest BCUT2D eigenvalue weighted by Gasteiger charge is 2.59. The number of alkyl halides is 5. The molecule has 0 aromatic carbocycles. The number of Topliss-reactive ketones (excluding diaryl/α,β-unsaturated/α-hetero) is 1. The van der Waals surface area contributed by atoms with Crippen LogP contribution in [0.15, 0.2) is 6.20 Å². The van der Waals surface area contributed by atoms with Crippen molar-refractivity contribution < 1.29 is 26.7 Å². The fourth-order valence-corrected chi connectivity index (χ4v) is 2.11. The van der Waals surface area contributed by atoms with Gasteiger partial charge in [-0.1, -0.05) is 13.8 Å². The molecule has 0 radical (unpaired) electrons. The normalized spacial score (nSPS) is 21.8. The smallest absolute Gasteiger partial charge is 0.364 e. The van der Waals surface area contributed by atoms with E-state index in [2.05, 4.69) is 4.98 Å². The number of rotatable bonds is 0. The molecular formula is C11H10F5NO. The number of carbonyl (C=O) groups is 1. The van der Waals surface area contributed by atoms with Crippen LogP contribution < -0.4 is 0 Å². The number of ketones is 1. The zero-order valence-electron chi connectivity index (χ0n) is 9.58. The van der Waals surface area contributed by atoms with Crippen LogP contribution in [0.4, 0.5) is 22.0 Å². The van der Waals surface area contributed by atoms with E-state index >= 15 is 0 Å². The number of H-pyrrole nitrogens is 1. The van der Waals surface area contributed by atoms with Gasteiger partial charge in [0.1, 0.15) is 0 Å². The SMILES string of the molecule is CC1(C)Cc2[nH]cc(C(F)(F)F)c2C(=O)C1(F)F. The van der Waals surface area contributed by atoms with Crippen molar-refractivity contribution in [2.75, 3.05) is 0 Å². The quantitative estimate of drug-likeness (QED) is 0.718. The van der Waals surface area contributed by atoms with Crippen LogP contribution in [-0.4, -0.2) is 16.7 Å². The summed E-state index contributed by atoms with van der Waals surface area (Å²) in [6.07, 6.45) is -4.56. The molecule has 0 spiro atoms. The summed E-state index contributed by atoms with van der Waals surface area (Å²) in [6, 6.07) is 0. The van der Waals surface area contributed by atoms with Crippen molar-refractivity contribution >= 4 is 5.78 Å². The Morgan fingerprint density at radius 3 is 2.33 bits per heavy atom. The lowest BCUT2D eigenvalue weighted by Gasteiger charge is -2.36. The van der Waals surface area contributed by atoms with Gasteiger partial charge in [-0.3, -0.25) is 4.79 Å². The number of halogens is 5. The highest BCUT2D eigenvalue weighted by molar-refractivity contribution is 6.05. The maximum absolute atomic E-state index is 13.8. The first-order valence-electron chi connectivity index (χ1n) is 5.18. The summed E-state index contributed by atoms with van der Waals surface area (Å²) >= 11 is 0. The first-order valence-corrected chi connectivity index (χ1v) is 5.18. The van der Waals surface area contributed by atoms with Crippen molar-refractivity contribution in [3.63, 3.8) is 0 Å². The molecule has 0 bridgehead atoms. The van der Waals surface area contributed by atoms with E-state index in [-0.39, 0.29) is 12.1 Å². The number of aromatic amines is 1. The first kappa shape index (κ1) is 13.0. The molecule has 0 saturated heterocycles. The van der Waals surface area contributed by atoms with Gasteiger partial charge in [0, 0.05) is 17.3 Å². The zero-order valence-corrected chi connectivity index (χ0v) is 9.58. The van der Waals surface area contributed by atoms with Crippen molar-refractivity contribution in [1.29, 1.82) is 0 Å². The minimum absolute atomic E-state index is 0.0803. The van der Waals surface area contributed by atoms with Gasteiger partial charge in [-0.15, -0.1) is 0 Å². The largest absolute Gasteiger partial charge is 0.418 e. The molecule has 0 unspecified atom stereocenters. The summed E-state index contributed by atoms with van der Waals surface area (Å²) in [7, 11) is 0. The lowest BCUT2D eigenvalue weighted by atomic mass is 9.72. The number of aromatic nitrogens is 1. The van der Waals surface area contributed by atoms with Crippen LogP contribution >= 0.6 is 0 Å². The van der Waals surface area contributed by atoms with E-state index in [1.54, 1.807) is 0 Å². The average molecular weight is 267 g/mol. The van der Waals surface area contributed by atoms with Gasteiger partial charge in [0.05, 0.1) is 11.1 Å². The van der Waals surface area contributed by atoms with E-state index in [0.29, 0.717) is 6.20 Å². The number of nitrogens with one attached hydrogen (secondary N) is 1. The molecule has 1 N–H and O–H groups in total. The van der Waals surface area contributed by atoms with Gasteiger partial charge in [0.15, 0.2) is 0 Å². The number of carbonyl (C=O) groups excluding carboxylic acids is 1. The monoisotopic (exact) mass is 267 g/mol. The van der Waals surface area contributed by atoms with Crippen molar-refractivity contribution in [2.45, 2.75) is 32.4 Å². The highest BCUT2D eigenvalue weighted by atomic mass is 19.4. The molecule has 0 aliphatic heterocycles. The van der Waals surface area contributed by atoms with E-state index in [0.717, 1.165) is 13.8 Å². The molecule has 1 aromatic rings.